The highest BCUT2D eigenvalue weighted by molar-refractivity contribution is 7.22. The lowest BCUT2D eigenvalue weighted by atomic mass is 10.0. The fourth-order valence-corrected chi connectivity index (χ4v) is 7.04. The first-order valence-electron chi connectivity index (χ1n) is 12.8. The summed E-state index contributed by atoms with van der Waals surface area (Å²) >= 11 is 1.35. The van der Waals surface area contributed by atoms with Crippen LogP contribution < -0.4 is 9.64 Å². The standard InChI is InChI=1S/C28H26FN3O5S/c1-35-21-5-3-2-4-18(21)24-19(26(37-31-24)14-6-7-14)13-36-22-11-17-8-16(22)12-32(17)28-30-25-20(29)9-15(27(33)34)10-23(25)38-28/h2-5,9-10,14,16-17,22H,6-8,11-13H2,1H3,(H,33,34)/t16-,17-,22+/m0/s1. The molecule has 3 fully saturated rings. The third-order valence-corrected chi connectivity index (χ3v) is 9.02. The second kappa shape index (κ2) is 9.06. The van der Waals surface area contributed by atoms with E-state index < -0.39 is 11.8 Å². The summed E-state index contributed by atoms with van der Waals surface area (Å²) in [6.45, 7) is 1.21. The Kier molecular flexibility index (Phi) is 5.63. The van der Waals surface area contributed by atoms with Crippen LogP contribution in [0.4, 0.5) is 9.52 Å². The number of carboxylic acid groups (broad SMARTS) is 1. The van der Waals surface area contributed by atoms with Crippen molar-refractivity contribution in [1.29, 1.82) is 0 Å². The monoisotopic (exact) mass is 535 g/mol. The number of para-hydroxylation sites is 1. The number of ether oxygens (including phenoxy) is 2. The summed E-state index contributed by atoms with van der Waals surface area (Å²) in [4.78, 5) is 18.1. The number of methoxy groups -OCH3 is 1. The number of thiazole rings is 1. The molecule has 8 nitrogen and oxygen atoms in total. The molecule has 0 spiro atoms. The zero-order chi connectivity index (χ0) is 26.0. The minimum Gasteiger partial charge on any atom is -0.496 e. The number of nitrogens with zero attached hydrogens (tertiary/aromatic N) is 3. The van der Waals surface area contributed by atoms with Gasteiger partial charge in [-0.15, -0.1) is 0 Å². The van der Waals surface area contributed by atoms with Gasteiger partial charge in [0.25, 0.3) is 0 Å². The third-order valence-electron chi connectivity index (χ3n) is 7.98. The topological polar surface area (TPSA) is 97.9 Å². The summed E-state index contributed by atoms with van der Waals surface area (Å²) in [7, 11) is 1.66. The first-order valence-corrected chi connectivity index (χ1v) is 13.6. The molecule has 3 atom stereocenters. The van der Waals surface area contributed by atoms with E-state index in [4.69, 9.17) is 14.0 Å². The molecule has 3 aliphatic rings. The van der Waals surface area contributed by atoms with Crippen LogP contribution in [-0.2, 0) is 11.3 Å². The summed E-state index contributed by atoms with van der Waals surface area (Å²) in [5, 5.41) is 14.4. The number of rotatable bonds is 8. The average molecular weight is 536 g/mol. The Bertz CT molecular complexity index is 1550. The van der Waals surface area contributed by atoms with E-state index in [-0.39, 0.29) is 23.2 Å². The molecule has 3 heterocycles. The lowest BCUT2D eigenvalue weighted by Crippen LogP contribution is -2.38. The summed E-state index contributed by atoms with van der Waals surface area (Å²) in [6.07, 6.45) is 4.16. The molecule has 7 rings (SSSR count). The van der Waals surface area contributed by atoms with Crippen LogP contribution in [-0.4, -0.2) is 47.0 Å². The van der Waals surface area contributed by atoms with Gasteiger partial charge in [-0.3, -0.25) is 0 Å². The molecule has 196 valence electrons. The molecule has 1 aliphatic heterocycles. The van der Waals surface area contributed by atoms with Gasteiger partial charge in [0.15, 0.2) is 10.9 Å². The Morgan fingerprint density at radius 2 is 2.11 bits per heavy atom. The number of halogens is 1. The van der Waals surface area contributed by atoms with E-state index in [1.165, 1.54) is 17.4 Å². The highest BCUT2D eigenvalue weighted by Gasteiger charge is 2.46. The Morgan fingerprint density at radius 3 is 2.84 bits per heavy atom. The van der Waals surface area contributed by atoms with Crippen LogP contribution in [0.15, 0.2) is 40.9 Å². The average Bonchev–Trinajstić information content (AvgIpc) is 3.25. The quantitative estimate of drug-likeness (QED) is 0.300. The number of hydrogen-bond donors (Lipinski definition) is 1. The lowest BCUT2D eigenvalue weighted by molar-refractivity contribution is 0.0122. The number of anilines is 1. The minimum absolute atomic E-state index is 0.0617. The second-order valence-corrected chi connectivity index (χ2v) is 11.4. The third kappa shape index (κ3) is 3.94. The minimum atomic E-state index is -1.15. The van der Waals surface area contributed by atoms with Gasteiger partial charge in [-0.2, -0.15) is 0 Å². The molecule has 1 N–H and O–H groups in total. The predicted molar refractivity (Wildman–Crippen MR) is 139 cm³/mol. The molecular weight excluding hydrogens is 509 g/mol. The molecule has 2 aromatic carbocycles. The van der Waals surface area contributed by atoms with Gasteiger partial charge in [-0.1, -0.05) is 28.6 Å². The maximum absolute atomic E-state index is 14.5. The maximum atomic E-state index is 14.5. The Morgan fingerprint density at radius 1 is 1.26 bits per heavy atom. The summed E-state index contributed by atoms with van der Waals surface area (Å²) in [5.74, 6) is 0.675. The van der Waals surface area contributed by atoms with Gasteiger partial charge in [0.1, 0.15) is 22.7 Å². The van der Waals surface area contributed by atoms with Gasteiger partial charge < -0.3 is 24.0 Å². The first kappa shape index (κ1) is 23.6. The molecule has 0 radical (unpaired) electrons. The van der Waals surface area contributed by atoms with Crippen molar-refractivity contribution in [1.82, 2.24) is 10.1 Å². The van der Waals surface area contributed by atoms with E-state index >= 15 is 0 Å². The van der Waals surface area contributed by atoms with Gasteiger partial charge in [-0.25, -0.2) is 14.2 Å². The molecule has 2 aliphatic carbocycles. The van der Waals surface area contributed by atoms with Gasteiger partial charge in [0.05, 0.1) is 30.1 Å². The van der Waals surface area contributed by atoms with Crippen molar-refractivity contribution in [3.8, 4) is 17.0 Å². The van der Waals surface area contributed by atoms with E-state index in [1.807, 2.05) is 24.3 Å². The molecule has 10 heteroatoms. The van der Waals surface area contributed by atoms with Crippen LogP contribution in [0.2, 0.25) is 0 Å². The highest BCUT2D eigenvalue weighted by atomic mass is 32.1. The maximum Gasteiger partial charge on any atom is 0.335 e. The second-order valence-electron chi connectivity index (χ2n) is 10.3. The lowest BCUT2D eigenvalue weighted by Gasteiger charge is -2.31. The highest BCUT2D eigenvalue weighted by Crippen LogP contribution is 2.47. The van der Waals surface area contributed by atoms with Crippen LogP contribution in [0.3, 0.4) is 0 Å². The van der Waals surface area contributed by atoms with E-state index in [0.717, 1.165) is 71.8 Å². The smallest absolute Gasteiger partial charge is 0.335 e. The van der Waals surface area contributed by atoms with Crippen molar-refractivity contribution in [3.05, 3.63) is 59.1 Å². The normalized spacial score (nSPS) is 22.5. The number of aromatic nitrogens is 2. The van der Waals surface area contributed by atoms with Crippen LogP contribution in [0.1, 0.15) is 53.3 Å². The van der Waals surface area contributed by atoms with E-state index in [0.29, 0.717) is 23.1 Å². The number of benzene rings is 2. The Balaban J connectivity index is 1.08. The number of carbonyl (C=O) groups is 1. The summed E-state index contributed by atoms with van der Waals surface area (Å²) in [6, 6.07) is 10.6. The fourth-order valence-electron chi connectivity index (χ4n) is 5.94. The van der Waals surface area contributed by atoms with Gasteiger partial charge in [0, 0.05) is 35.5 Å². The van der Waals surface area contributed by atoms with E-state index in [1.54, 1.807) is 7.11 Å². The van der Waals surface area contributed by atoms with Crippen molar-refractivity contribution >= 4 is 32.7 Å². The Labute approximate surface area is 222 Å². The van der Waals surface area contributed by atoms with E-state index in [2.05, 4.69) is 15.0 Å². The summed E-state index contributed by atoms with van der Waals surface area (Å²) < 4.78 is 33.0. The van der Waals surface area contributed by atoms with E-state index in [9.17, 15) is 14.3 Å². The van der Waals surface area contributed by atoms with Crippen LogP contribution in [0.25, 0.3) is 21.5 Å². The number of piperidine rings is 1. The molecule has 0 unspecified atom stereocenters. The predicted octanol–water partition coefficient (Wildman–Crippen LogP) is 5.86. The largest absolute Gasteiger partial charge is 0.496 e. The van der Waals surface area contributed by atoms with Crippen molar-refractivity contribution in [2.75, 3.05) is 18.6 Å². The number of hydrogen-bond acceptors (Lipinski definition) is 8. The number of aromatic carboxylic acids is 1. The molecular formula is C28H26FN3O5S. The summed E-state index contributed by atoms with van der Waals surface area (Å²) in [5.41, 5.74) is 2.86. The molecule has 2 bridgehead atoms. The van der Waals surface area contributed by atoms with Gasteiger partial charge in [-0.05, 0) is 49.9 Å². The van der Waals surface area contributed by atoms with Crippen molar-refractivity contribution < 1.29 is 28.3 Å². The Hall–Kier alpha value is -3.50. The zero-order valence-corrected chi connectivity index (χ0v) is 21.5. The first-order chi connectivity index (χ1) is 18.5. The van der Waals surface area contributed by atoms with Gasteiger partial charge >= 0.3 is 5.97 Å². The zero-order valence-electron chi connectivity index (χ0n) is 20.7. The molecule has 1 saturated heterocycles. The molecule has 4 aromatic rings. The molecule has 2 saturated carbocycles. The SMILES string of the molecule is COc1ccccc1-c1noc(C2CC2)c1CO[C@@H]1C[C@@H]2C[C@H]1CN2c1nc2c(F)cc(C(=O)O)cc2s1. The number of fused-ring (bicyclic) bond motifs is 3. The van der Waals surface area contributed by atoms with Gasteiger partial charge in [0.2, 0.25) is 0 Å². The fraction of sp³-hybridized carbons (Fsp3) is 0.393. The van der Waals surface area contributed by atoms with Crippen LogP contribution in [0.5, 0.6) is 5.75 Å². The molecule has 0 amide bonds. The van der Waals surface area contributed by atoms with Crippen molar-refractivity contribution in [2.45, 2.75) is 50.4 Å². The van der Waals surface area contributed by atoms with Crippen LogP contribution in [0, 0.1) is 11.7 Å². The van der Waals surface area contributed by atoms with Crippen LogP contribution >= 0.6 is 11.3 Å². The van der Waals surface area contributed by atoms with Crippen molar-refractivity contribution in [3.63, 3.8) is 0 Å². The number of carboxylic acids is 1. The molecule has 2 aromatic heterocycles. The van der Waals surface area contributed by atoms with Crippen molar-refractivity contribution in [2.24, 2.45) is 5.92 Å². The molecule has 38 heavy (non-hydrogen) atoms.